The summed E-state index contributed by atoms with van der Waals surface area (Å²) in [7, 11) is 1.89. The summed E-state index contributed by atoms with van der Waals surface area (Å²) in [5.74, 6) is 1.86. The van der Waals surface area contributed by atoms with E-state index in [9.17, 15) is 0 Å². The monoisotopic (exact) mass is 251 g/mol. The summed E-state index contributed by atoms with van der Waals surface area (Å²) >= 11 is 0. The maximum absolute atomic E-state index is 4.33. The Bertz CT molecular complexity index is 349. The predicted octanol–water partition coefficient (Wildman–Crippen LogP) is 1.83. The van der Waals surface area contributed by atoms with Crippen molar-refractivity contribution in [3.8, 4) is 0 Å². The van der Waals surface area contributed by atoms with Gasteiger partial charge >= 0.3 is 0 Å². The van der Waals surface area contributed by atoms with Crippen molar-refractivity contribution in [3.63, 3.8) is 0 Å². The number of nitrogens with zero attached hydrogens (tertiary/aromatic N) is 3. The Labute approximate surface area is 110 Å². The average molecular weight is 251 g/mol. The van der Waals surface area contributed by atoms with Crippen LogP contribution < -0.4 is 10.6 Å². The summed E-state index contributed by atoms with van der Waals surface area (Å²) in [6, 6.07) is 0. The van der Waals surface area contributed by atoms with Crippen molar-refractivity contribution >= 4 is 11.6 Å². The molecule has 1 rings (SSSR count). The summed E-state index contributed by atoms with van der Waals surface area (Å²) in [5, 5.41) is 6.51. The molecule has 0 aliphatic carbocycles. The molecule has 0 unspecified atom stereocenters. The summed E-state index contributed by atoms with van der Waals surface area (Å²) in [6.07, 6.45) is 2.52. The fourth-order valence-corrected chi connectivity index (χ4v) is 1.99. The van der Waals surface area contributed by atoms with E-state index in [1.807, 2.05) is 7.05 Å². The zero-order chi connectivity index (χ0) is 13.4. The molecule has 0 aliphatic rings. The van der Waals surface area contributed by atoms with E-state index in [1.54, 1.807) is 6.33 Å². The van der Waals surface area contributed by atoms with Crippen LogP contribution in [0.3, 0.4) is 0 Å². The molecule has 1 heterocycles. The molecule has 0 saturated carbocycles. The van der Waals surface area contributed by atoms with Gasteiger partial charge in [0, 0.05) is 25.7 Å². The van der Waals surface area contributed by atoms with E-state index in [4.69, 9.17) is 0 Å². The molecule has 0 saturated heterocycles. The van der Waals surface area contributed by atoms with Crippen molar-refractivity contribution in [2.45, 2.75) is 27.2 Å². The van der Waals surface area contributed by atoms with Crippen LogP contribution in [0.2, 0.25) is 0 Å². The van der Waals surface area contributed by atoms with E-state index in [1.165, 1.54) is 0 Å². The second-order valence-electron chi connectivity index (χ2n) is 4.11. The highest BCUT2D eigenvalue weighted by atomic mass is 15.1. The zero-order valence-corrected chi connectivity index (χ0v) is 12.0. The smallest absolute Gasteiger partial charge is 0.134 e. The Balaban J connectivity index is 2.61. The van der Waals surface area contributed by atoms with Gasteiger partial charge in [-0.05, 0) is 19.5 Å². The molecular formula is C13H25N5. The Kier molecular flexibility index (Phi) is 6.43. The van der Waals surface area contributed by atoms with Gasteiger partial charge < -0.3 is 15.5 Å². The largest absolute Gasteiger partial charge is 0.373 e. The first-order valence-electron chi connectivity index (χ1n) is 6.74. The maximum atomic E-state index is 4.33. The molecule has 0 bridgehead atoms. The second kappa shape index (κ2) is 7.87. The third-order valence-electron chi connectivity index (χ3n) is 3.15. The van der Waals surface area contributed by atoms with E-state index in [-0.39, 0.29) is 0 Å². The minimum Gasteiger partial charge on any atom is -0.373 e. The zero-order valence-electron chi connectivity index (χ0n) is 12.0. The lowest BCUT2D eigenvalue weighted by Gasteiger charge is -2.19. The van der Waals surface area contributed by atoms with E-state index in [0.29, 0.717) is 0 Å². The highest BCUT2D eigenvalue weighted by molar-refractivity contribution is 5.57. The normalized spacial score (nSPS) is 10.7. The molecule has 5 nitrogen and oxygen atoms in total. The molecule has 0 fully saturated rings. The number of rotatable bonds is 8. The molecule has 0 aliphatic heterocycles. The summed E-state index contributed by atoms with van der Waals surface area (Å²) in [4.78, 5) is 10.9. The fraction of sp³-hybridized carbons (Fsp3) is 0.692. The SMILES string of the molecule is CCc1c(NC)ncnc1NCCN(CC)CC. The minimum atomic E-state index is 0.912. The Hall–Kier alpha value is -1.36. The van der Waals surface area contributed by atoms with E-state index in [0.717, 1.165) is 49.8 Å². The Morgan fingerprint density at radius 1 is 1.11 bits per heavy atom. The number of anilines is 2. The van der Waals surface area contributed by atoms with E-state index in [2.05, 4.69) is 46.3 Å². The molecule has 102 valence electrons. The molecule has 1 aromatic rings. The summed E-state index contributed by atoms with van der Waals surface area (Å²) in [6.45, 7) is 10.6. The molecule has 18 heavy (non-hydrogen) atoms. The van der Waals surface area contributed by atoms with Crippen LogP contribution in [0.4, 0.5) is 11.6 Å². The molecule has 0 amide bonds. The molecule has 1 aromatic heterocycles. The average Bonchev–Trinajstić information content (AvgIpc) is 2.43. The molecule has 5 heteroatoms. The Morgan fingerprint density at radius 2 is 1.78 bits per heavy atom. The molecule has 2 N–H and O–H groups in total. The van der Waals surface area contributed by atoms with Crippen molar-refractivity contribution in [1.82, 2.24) is 14.9 Å². The highest BCUT2D eigenvalue weighted by Crippen LogP contribution is 2.19. The van der Waals surface area contributed by atoms with Gasteiger partial charge in [0.1, 0.15) is 18.0 Å². The van der Waals surface area contributed by atoms with Crippen LogP contribution in [-0.4, -0.2) is 48.1 Å². The lowest BCUT2D eigenvalue weighted by Crippen LogP contribution is -2.29. The van der Waals surface area contributed by atoms with Crippen LogP contribution in [-0.2, 0) is 6.42 Å². The maximum Gasteiger partial charge on any atom is 0.134 e. The third-order valence-corrected chi connectivity index (χ3v) is 3.15. The number of hydrogen-bond donors (Lipinski definition) is 2. The number of aromatic nitrogens is 2. The van der Waals surface area contributed by atoms with Gasteiger partial charge in [0.15, 0.2) is 0 Å². The lowest BCUT2D eigenvalue weighted by atomic mass is 10.2. The first kappa shape index (κ1) is 14.7. The van der Waals surface area contributed by atoms with Crippen molar-refractivity contribution in [1.29, 1.82) is 0 Å². The van der Waals surface area contributed by atoms with Gasteiger partial charge in [0.25, 0.3) is 0 Å². The molecular weight excluding hydrogens is 226 g/mol. The quantitative estimate of drug-likeness (QED) is 0.738. The number of hydrogen-bond acceptors (Lipinski definition) is 5. The predicted molar refractivity (Wildman–Crippen MR) is 77.2 cm³/mol. The van der Waals surface area contributed by atoms with Gasteiger partial charge in [0.05, 0.1) is 0 Å². The van der Waals surface area contributed by atoms with Crippen LogP contribution in [0.25, 0.3) is 0 Å². The summed E-state index contributed by atoms with van der Waals surface area (Å²) < 4.78 is 0. The first-order chi connectivity index (χ1) is 8.76. The number of nitrogens with one attached hydrogen (secondary N) is 2. The third kappa shape index (κ3) is 3.84. The highest BCUT2D eigenvalue weighted by Gasteiger charge is 2.08. The van der Waals surface area contributed by atoms with Gasteiger partial charge in [-0.1, -0.05) is 20.8 Å². The van der Waals surface area contributed by atoms with Gasteiger partial charge in [-0.2, -0.15) is 0 Å². The van der Waals surface area contributed by atoms with Crippen molar-refractivity contribution in [3.05, 3.63) is 11.9 Å². The van der Waals surface area contributed by atoms with E-state index < -0.39 is 0 Å². The molecule has 0 atom stereocenters. The topological polar surface area (TPSA) is 53.1 Å². The van der Waals surface area contributed by atoms with Crippen molar-refractivity contribution < 1.29 is 0 Å². The van der Waals surface area contributed by atoms with Gasteiger partial charge in [0.2, 0.25) is 0 Å². The van der Waals surface area contributed by atoms with E-state index >= 15 is 0 Å². The fourth-order valence-electron chi connectivity index (χ4n) is 1.99. The van der Waals surface area contributed by atoms with Crippen molar-refractivity contribution in [2.75, 3.05) is 43.9 Å². The van der Waals surface area contributed by atoms with Gasteiger partial charge in [-0.3, -0.25) is 0 Å². The Morgan fingerprint density at radius 3 is 2.33 bits per heavy atom. The summed E-state index contributed by atoms with van der Waals surface area (Å²) in [5.41, 5.74) is 1.15. The van der Waals surface area contributed by atoms with Crippen LogP contribution >= 0.6 is 0 Å². The molecule has 0 aromatic carbocycles. The van der Waals surface area contributed by atoms with Gasteiger partial charge in [-0.15, -0.1) is 0 Å². The number of likely N-dealkylation sites (N-methyl/N-ethyl adjacent to an activating group) is 1. The van der Waals surface area contributed by atoms with Crippen LogP contribution in [0.5, 0.6) is 0 Å². The van der Waals surface area contributed by atoms with Gasteiger partial charge in [-0.25, -0.2) is 9.97 Å². The first-order valence-corrected chi connectivity index (χ1v) is 6.74. The molecule has 0 spiro atoms. The van der Waals surface area contributed by atoms with Crippen LogP contribution in [0.1, 0.15) is 26.3 Å². The van der Waals surface area contributed by atoms with Crippen LogP contribution in [0, 0.1) is 0 Å². The standard InChI is InChI=1S/C13H25N5/c1-5-11-12(14-4)16-10-17-13(11)15-8-9-18(6-2)7-3/h10H,5-9H2,1-4H3,(H2,14,15,16,17). The molecule has 0 radical (unpaired) electrons. The van der Waals surface area contributed by atoms with Crippen molar-refractivity contribution in [2.24, 2.45) is 0 Å². The lowest BCUT2D eigenvalue weighted by molar-refractivity contribution is 0.316. The van der Waals surface area contributed by atoms with Crippen LogP contribution in [0.15, 0.2) is 6.33 Å². The minimum absolute atomic E-state index is 0.912. The second-order valence-corrected chi connectivity index (χ2v) is 4.11.